The van der Waals surface area contributed by atoms with E-state index in [0.29, 0.717) is 41.8 Å². The molecule has 0 saturated heterocycles. The van der Waals surface area contributed by atoms with E-state index in [1.54, 1.807) is 55.6 Å². The average molecular weight is 472 g/mol. The molecule has 0 spiro atoms. The van der Waals surface area contributed by atoms with Crippen LogP contribution in [-0.2, 0) is 14.8 Å². The minimum absolute atomic E-state index is 0.121. The number of rotatable bonds is 11. The molecule has 33 heavy (non-hydrogen) atoms. The summed E-state index contributed by atoms with van der Waals surface area (Å²) < 4.78 is 43.2. The molecule has 3 rings (SSSR count). The number of pyridine rings is 1. The maximum absolute atomic E-state index is 12.5. The highest BCUT2D eigenvalue weighted by molar-refractivity contribution is 7.92. The quantitative estimate of drug-likeness (QED) is 0.412. The van der Waals surface area contributed by atoms with Crippen LogP contribution in [0.15, 0.2) is 71.8 Å². The second-order valence-electron chi connectivity index (χ2n) is 6.89. The van der Waals surface area contributed by atoms with Gasteiger partial charge in [0.2, 0.25) is 5.88 Å². The van der Waals surface area contributed by atoms with Crippen molar-refractivity contribution >= 4 is 21.6 Å². The van der Waals surface area contributed by atoms with Gasteiger partial charge in [-0.2, -0.15) is 0 Å². The Balaban J connectivity index is 1.57. The van der Waals surface area contributed by atoms with Crippen LogP contribution in [0.4, 0.5) is 5.69 Å². The third-order valence-corrected chi connectivity index (χ3v) is 5.91. The summed E-state index contributed by atoms with van der Waals surface area (Å²) >= 11 is 0. The normalized spacial score (nSPS) is 11.0. The molecular weight excluding hydrogens is 446 g/mol. The minimum Gasteiger partial charge on any atom is -0.497 e. The van der Waals surface area contributed by atoms with E-state index in [9.17, 15) is 13.2 Å². The number of nitrogens with one attached hydrogen (secondary N) is 2. The van der Waals surface area contributed by atoms with Crippen LogP contribution in [0, 0.1) is 0 Å². The Bertz CT molecular complexity index is 1150. The molecule has 0 aliphatic rings. The Labute approximate surface area is 192 Å². The average Bonchev–Trinajstić information content (AvgIpc) is 2.83. The molecule has 1 aromatic heterocycles. The van der Waals surface area contributed by atoms with Crippen molar-refractivity contribution in [1.82, 2.24) is 10.3 Å². The molecule has 3 aromatic rings. The van der Waals surface area contributed by atoms with Crippen molar-refractivity contribution < 1.29 is 27.4 Å². The van der Waals surface area contributed by atoms with Crippen molar-refractivity contribution in [3.05, 3.63) is 72.4 Å². The van der Waals surface area contributed by atoms with Crippen molar-refractivity contribution in [3.8, 4) is 17.4 Å². The number of carbonyl (C=O) groups excluding carboxylic acids is 1. The van der Waals surface area contributed by atoms with Crippen molar-refractivity contribution in [2.75, 3.05) is 32.1 Å². The van der Waals surface area contributed by atoms with Gasteiger partial charge in [-0.05, 0) is 61.0 Å². The predicted molar refractivity (Wildman–Crippen MR) is 123 cm³/mol. The monoisotopic (exact) mass is 471 g/mol. The fourth-order valence-corrected chi connectivity index (χ4v) is 3.83. The molecule has 0 aliphatic carbocycles. The fourth-order valence-electron chi connectivity index (χ4n) is 2.78. The van der Waals surface area contributed by atoms with E-state index >= 15 is 0 Å². The molecule has 9 nitrogen and oxygen atoms in total. The molecule has 0 fully saturated rings. The van der Waals surface area contributed by atoms with Gasteiger partial charge in [0.05, 0.1) is 17.6 Å². The Morgan fingerprint density at radius 1 is 0.939 bits per heavy atom. The van der Waals surface area contributed by atoms with E-state index in [1.165, 1.54) is 25.4 Å². The van der Waals surface area contributed by atoms with Gasteiger partial charge in [-0.3, -0.25) is 9.52 Å². The number of hydrogen-bond donors (Lipinski definition) is 2. The highest BCUT2D eigenvalue weighted by Gasteiger charge is 2.14. The number of anilines is 1. The maximum Gasteiger partial charge on any atom is 0.261 e. The molecule has 0 aliphatic heterocycles. The van der Waals surface area contributed by atoms with Gasteiger partial charge >= 0.3 is 0 Å². The Morgan fingerprint density at radius 2 is 1.64 bits per heavy atom. The Hall–Kier alpha value is -3.63. The smallest absolute Gasteiger partial charge is 0.261 e. The first-order chi connectivity index (χ1) is 15.9. The van der Waals surface area contributed by atoms with E-state index in [1.807, 2.05) is 0 Å². The Morgan fingerprint density at radius 3 is 2.24 bits per heavy atom. The minimum atomic E-state index is -3.74. The van der Waals surface area contributed by atoms with Crippen LogP contribution in [0.5, 0.6) is 17.4 Å². The summed E-state index contributed by atoms with van der Waals surface area (Å²) in [5.41, 5.74) is 0.801. The molecule has 2 N–H and O–H groups in total. The maximum atomic E-state index is 12.5. The lowest BCUT2D eigenvalue weighted by atomic mass is 10.2. The zero-order valence-corrected chi connectivity index (χ0v) is 19.1. The summed E-state index contributed by atoms with van der Waals surface area (Å²) in [6.07, 6.45) is 2.15. The van der Waals surface area contributed by atoms with Gasteiger partial charge in [0.1, 0.15) is 11.5 Å². The number of ether oxygens (including phenoxy) is 3. The lowest BCUT2D eigenvalue weighted by Crippen LogP contribution is -2.25. The van der Waals surface area contributed by atoms with Gasteiger partial charge in [-0.1, -0.05) is 0 Å². The van der Waals surface area contributed by atoms with Crippen molar-refractivity contribution in [2.45, 2.75) is 11.3 Å². The molecular formula is C23H25N3O6S. The molecule has 0 atom stereocenters. The molecule has 0 bridgehead atoms. The number of amides is 1. The summed E-state index contributed by atoms with van der Waals surface area (Å²) in [7, 11) is -0.615. The van der Waals surface area contributed by atoms with Crippen LogP contribution in [0.1, 0.15) is 16.8 Å². The van der Waals surface area contributed by atoms with Crippen LogP contribution >= 0.6 is 0 Å². The lowest BCUT2D eigenvalue weighted by molar-refractivity contribution is 0.0948. The number of benzene rings is 2. The number of nitrogens with zero attached hydrogens (tertiary/aromatic N) is 1. The largest absolute Gasteiger partial charge is 0.497 e. The lowest BCUT2D eigenvalue weighted by Gasteiger charge is -2.10. The molecule has 0 saturated carbocycles. The fraction of sp³-hybridized carbons (Fsp3) is 0.217. The number of aromatic nitrogens is 1. The first-order valence-electron chi connectivity index (χ1n) is 10.1. The van der Waals surface area contributed by atoms with E-state index in [4.69, 9.17) is 14.2 Å². The van der Waals surface area contributed by atoms with Crippen molar-refractivity contribution in [3.63, 3.8) is 0 Å². The first kappa shape index (κ1) is 24.0. The Kier molecular flexibility index (Phi) is 8.22. The van der Waals surface area contributed by atoms with Gasteiger partial charge < -0.3 is 19.5 Å². The summed E-state index contributed by atoms with van der Waals surface area (Å²) in [4.78, 5) is 16.3. The molecule has 174 valence electrons. The first-order valence-corrected chi connectivity index (χ1v) is 11.6. The van der Waals surface area contributed by atoms with Gasteiger partial charge in [-0.15, -0.1) is 0 Å². The molecule has 1 heterocycles. The third-order valence-electron chi connectivity index (χ3n) is 4.51. The predicted octanol–water partition coefficient (Wildman–Crippen LogP) is 3.45. The van der Waals surface area contributed by atoms with Crippen LogP contribution in [0.25, 0.3) is 0 Å². The van der Waals surface area contributed by atoms with Crippen LogP contribution in [-0.4, -0.2) is 46.7 Å². The van der Waals surface area contributed by atoms with Crippen molar-refractivity contribution in [1.29, 1.82) is 0 Å². The van der Waals surface area contributed by atoms with Gasteiger partial charge in [0.25, 0.3) is 15.9 Å². The number of carbonyl (C=O) groups is 1. The van der Waals surface area contributed by atoms with Gasteiger partial charge in [-0.25, -0.2) is 13.4 Å². The second-order valence-corrected chi connectivity index (χ2v) is 8.58. The summed E-state index contributed by atoms with van der Waals surface area (Å²) in [5, 5.41) is 2.78. The number of methoxy groups -OCH3 is 2. The van der Waals surface area contributed by atoms with Crippen LogP contribution in [0.3, 0.4) is 0 Å². The standard InChI is InChI=1S/C23H25N3O6S/c1-30-15-3-14-24-23(27)17-4-13-22(25-16-17)32-20-7-5-18(6-8-20)26-33(28,29)21-11-9-19(31-2)10-12-21/h4-13,16,26H,3,14-15H2,1-2H3,(H,24,27). The second kappa shape index (κ2) is 11.3. The van der Waals surface area contributed by atoms with E-state index in [2.05, 4.69) is 15.0 Å². The topological polar surface area (TPSA) is 116 Å². The van der Waals surface area contributed by atoms with E-state index < -0.39 is 10.0 Å². The molecule has 0 radical (unpaired) electrons. The molecule has 0 unspecified atom stereocenters. The highest BCUT2D eigenvalue weighted by atomic mass is 32.2. The van der Waals surface area contributed by atoms with Crippen LogP contribution in [0.2, 0.25) is 0 Å². The number of sulfonamides is 1. The van der Waals surface area contributed by atoms with Crippen LogP contribution < -0.4 is 19.5 Å². The highest BCUT2D eigenvalue weighted by Crippen LogP contribution is 2.24. The SMILES string of the molecule is COCCCNC(=O)c1ccc(Oc2ccc(NS(=O)(=O)c3ccc(OC)cc3)cc2)nc1. The number of hydrogen-bond acceptors (Lipinski definition) is 7. The summed E-state index contributed by atoms with van der Waals surface area (Å²) in [6.45, 7) is 1.09. The van der Waals surface area contributed by atoms with Gasteiger partial charge in [0, 0.05) is 38.2 Å². The molecule has 2 aromatic carbocycles. The van der Waals surface area contributed by atoms with Crippen molar-refractivity contribution in [2.24, 2.45) is 0 Å². The zero-order valence-electron chi connectivity index (χ0n) is 18.3. The van der Waals surface area contributed by atoms with E-state index in [-0.39, 0.29) is 10.8 Å². The zero-order chi connectivity index (χ0) is 23.7. The third kappa shape index (κ3) is 6.93. The summed E-state index contributed by atoms with van der Waals surface area (Å²) in [6, 6.07) is 15.7. The molecule has 1 amide bonds. The molecule has 10 heteroatoms. The van der Waals surface area contributed by atoms with E-state index in [0.717, 1.165) is 6.42 Å². The summed E-state index contributed by atoms with van der Waals surface area (Å²) in [5.74, 6) is 1.11. The van der Waals surface area contributed by atoms with Gasteiger partial charge in [0.15, 0.2) is 0 Å².